The highest BCUT2D eigenvalue weighted by Crippen LogP contribution is 2.26. The summed E-state index contributed by atoms with van der Waals surface area (Å²) in [4.78, 5) is 10.8. The SMILES string of the molecule is CCN(CCNc1cc(OC(C)C)ncn1)C1CC1. The Hall–Kier alpha value is -1.36. The Morgan fingerprint density at radius 1 is 1.42 bits per heavy atom. The molecule has 0 bridgehead atoms. The maximum atomic E-state index is 5.55. The van der Waals surface area contributed by atoms with Crippen LogP contribution in [0.2, 0.25) is 0 Å². The lowest BCUT2D eigenvalue weighted by Crippen LogP contribution is -2.31. The first-order valence-corrected chi connectivity index (χ1v) is 7.15. The van der Waals surface area contributed by atoms with Crippen molar-refractivity contribution in [2.75, 3.05) is 25.0 Å². The first-order chi connectivity index (χ1) is 9.19. The number of ether oxygens (including phenoxy) is 1. The van der Waals surface area contributed by atoms with E-state index in [0.29, 0.717) is 5.88 Å². The van der Waals surface area contributed by atoms with Gasteiger partial charge in [0.05, 0.1) is 6.10 Å². The topological polar surface area (TPSA) is 50.3 Å². The van der Waals surface area contributed by atoms with Gasteiger partial charge in [-0.3, -0.25) is 4.90 Å². The third kappa shape index (κ3) is 4.67. The molecule has 0 saturated heterocycles. The Morgan fingerprint density at radius 3 is 2.84 bits per heavy atom. The molecule has 0 unspecified atom stereocenters. The molecule has 1 N–H and O–H groups in total. The fraction of sp³-hybridized carbons (Fsp3) is 0.714. The van der Waals surface area contributed by atoms with E-state index < -0.39 is 0 Å². The number of rotatable bonds is 8. The van der Waals surface area contributed by atoms with Gasteiger partial charge in [0.25, 0.3) is 0 Å². The minimum absolute atomic E-state index is 0.133. The van der Waals surface area contributed by atoms with Crippen LogP contribution >= 0.6 is 0 Å². The van der Waals surface area contributed by atoms with Crippen LogP contribution in [0.1, 0.15) is 33.6 Å². The first kappa shape index (κ1) is 14.1. The molecule has 0 atom stereocenters. The van der Waals surface area contributed by atoms with Gasteiger partial charge >= 0.3 is 0 Å². The van der Waals surface area contributed by atoms with Crippen LogP contribution in [-0.4, -0.2) is 46.6 Å². The molecule has 1 saturated carbocycles. The van der Waals surface area contributed by atoms with E-state index in [1.54, 1.807) is 6.33 Å². The fourth-order valence-corrected chi connectivity index (χ4v) is 2.11. The van der Waals surface area contributed by atoms with Crippen molar-refractivity contribution in [1.82, 2.24) is 14.9 Å². The van der Waals surface area contributed by atoms with E-state index in [-0.39, 0.29) is 6.10 Å². The predicted octanol–water partition coefficient (Wildman–Crippen LogP) is 2.16. The van der Waals surface area contributed by atoms with Gasteiger partial charge in [-0.05, 0) is 33.2 Å². The fourth-order valence-electron chi connectivity index (χ4n) is 2.11. The zero-order valence-electron chi connectivity index (χ0n) is 12.1. The highest BCUT2D eigenvalue weighted by molar-refractivity contribution is 5.37. The van der Waals surface area contributed by atoms with Crippen LogP contribution in [0.5, 0.6) is 5.88 Å². The van der Waals surface area contributed by atoms with Crippen molar-refractivity contribution in [3.63, 3.8) is 0 Å². The summed E-state index contributed by atoms with van der Waals surface area (Å²) >= 11 is 0. The molecular formula is C14H24N4O. The van der Waals surface area contributed by atoms with Gasteiger partial charge in [-0.15, -0.1) is 0 Å². The van der Waals surface area contributed by atoms with Crippen molar-refractivity contribution < 1.29 is 4.74 Å². The van der Waals surface area contributed by atoms with Crippen LogP contribution in [0.15, 0.2) is 12.4 Å². The smallest absolute Gasteiger partial charge is 0.218 e. The number of aromatic nitrogens is 2. The van der Waals surface area contributed by atoms with E-state index in [9.17, 15) is 0 Å². The number of nitrogens with zero attached hydrogens (tertiary/aromatic N) is 3. The molecule has 1 aromatic rings. The average molecular weight is 264 g/mol. The van der Waals surface area contributed by atoms with E-state index >= 15 is 0 Å². The summed E-state index contributed by atoms with van der Waals surface area (Å²) in [5.74, 6) is 1.46. The monoisotopic (exact) mass is 264 g/mol. The van der Waals surface area contributed by atoms with Crippen molar-refractivity contribution in [3.8, 4) is 5.88 Å². The second-order valence-corrected chi connectivity index (χ2v) is 5.19. The molecule has 1 aliphatic carbocycles. The minimum Gasteiger partial charge on any atom is -0.475 e. The Balaban J connectivity index is 1.78. The van der Waals surface area contributed by atoms with Crippen LogP contribution in [0.4, 0.5) is 5.82 Å². The van der Waals surface area contributed by atoms with Crippen molar-refractivity contribution in [2.24, 2.45) is 0 Å². The van der Waals surface area contributed by atoms with Crippen molar-refractivity contribution in [1.29, 1.82) is 0 Å². The number of nitrogens with one attached hydrogen (secondary N) is 1. The van der Waals surface area contributed by atoms with Crippen LogP contribution < -0.4 is 10.1 Å². The third-order valence-corrected chi connectivity index (χ3v) is 3.17. The maximum Gasteiger partial charge on any atom is 0.218 e. The molecule has 1 aliphatic rings. The Labute approximate surface area is 115 Å². The minimum atomic E-state index is 0.133. The molecular weight excluding hydrogens is 240 g/mol. The van der Waals surface area contributed by atoms with Gasteiger partial charge in [0.2, 0.25) is 5.88 Å². The highest BCUT2D eigenvalue weighted by atomic mass is 16.5. The standard InChI is InChI=1S/C14H24N4O/c1-4-18(12-5-6-12)8-7-15-13-9-14(17-10-16-13)19-11(2)3/h9-12H,4-8H2,1-3H3,(H,15,16,17). The summed E-state index contributed by atoms with van der Waals surface area (Å²) in [5.41, 5.74) is 0. The number of likely N-dealkylation sites (N-methyl/N-ethyl adjacent to an activating group) is 1. The molecule has 2 rings (SSSR count). The number of hydrogen-bond donors (Lipinski definition) is 1. The largest absolute Gasteiger partial charge is 0.475 e. The molecule has 19 heavy (non-hydrogen) atoms. The summed E-state index contributed by atoms with van der Waals surface area (Å²) in [6, 6.07) is 2.67. The third-order valence-electron chi connectivity index (χ3n) is 3.17. The molecule has 106 valence electrons. The molecule has 5 heteroatoms. The Bertz CT molecular complexity index is 393. The van der Waals surface area contributed by atoms with Crippen LogP contribution in [0, 0.1) is 0 Å². The summed E-state index contributed by atoms with van der Waals surface area (Å²) < 4.78 is 5.55. The predicted molar refractivity (Wildman–Crippen MR) is 76.6 cm³/mol. The lowest BCUT2D eigenvalue weighted by atomic mass is 10.4. The molecule has 0 spiro atoms. The molecule has 1 heterocycles. The van der Waals surface area contributed by atoms with Crippen molar-refractivity contribution >= 4 is 5.82 Å². The molecule has 0 aromatic carbocycles. The summed E-state index contributed by atoms with van der Waals surface area (Å²) in [7, 11) is 0. The summed E-state index contributed by atoms with van der Waals surface area (Å²) in [6.07, 6.45) is 4.38. The van der Waals surface area contributed by atoms with Crippen LogP contribution in [-0.2, 0) is 0 Å². The average Bonchev–Trinajstić information content (AvgIpc) is 3.18. The van der Waals surface area contributed by atoms with E-state index in [2.05, 4.69) is 27.1 Å². The Morgan fingerprint density at radius 2 is 2.21 bits per heavy atom. The molecule has 1 aromatic heterocycles. The lowest BCUT2D eigenvalue weighted by molar-refractivity contribution is 0.232. The molecule has 0 aliphatic heterocycles. The molecule has 1 fully saturated rings. The number of anilines is 1. The number of hydrogen-bond acceptors (Lipinski definition) is 5. The van der Waals surface area contributed by atoms with E-state index in [0.717, 1.165) is 31.5 Å². The van der Waals surface area contributed by atoms with Crippen molar-refractivity contribution in [2.45, 2.75) is 45.8 Å². The van der Waals surface area contributed by atoms with Gasteiger partial charge in [0.15, 0.2) is 0 Å². The highest BCUT2D eigenvalue weighted by Gasteiger charge is 2.27. The van der Waals surface area contributed by atoms with Gasteiger partial charge in [0, 0.05) is 25.2 Å². The van der Waals surface area contributed by atoms with Gasteiger partial charge < -0.3 is 10.1 Å². The zero-order chi connectivity index (χ0) is 13.7. The second-order valence-electron chi connectivity index (χ2n) is 5.19. The van der Waals surface area contributed by atoms with Gasteiger partial charge in [-0.2, -0.15) is 0 Å². The Kier molecular flexibility index (Phi) is 4.96. The van der Waals surface area contributed by atoms with Crippen LogP contribution in [0.25, 0.3) is 0 Å². The van der Waals surface area contributed by atoms with Gasteiger partial charge in [-0.1, -0.05) is 6.92 Å². The lowest BCUT2D eigenvalue weighted by Gasteiger charge is -2.20. The molecule has 0 radical (unpaired) electrons. The van der Waals surface area contributed by atoms with Gasteiger partial charge in [-0.25, -0.2) is 9.97 Å². The summed E-state index contributed by atoms with van der Waals surface area (Å²) in [5, 5.41) is 3.33. The summed E-state index contributed by atoms with van der Waals surface area (Å²) in [6.45, 7) is 9.29. The van der Waals surface area contributed by atoms with E-state index in [4.69, 9.17) is 4.74 Å². The quantitative estimate of drug-likeness (QED) is 0.779. The van der Waals surface area contributed by atoms with E-state index in [1.165, 1.54) is 12.8 Å². The second kappa shape index (κ2) is 6.70. The van der Waals surface area contributed by atoms with Crippen LogP contribution in [0.3, 0.4) is 0 Å². The van der Waals surface area contributed by atoms with Crippen molar-refractivity contribution in [3.05, 3.63) is 12.4 Å². The zero-order valence-corrected chi connectivity index (χ0v) is 12.1. The first-order valence-electron chi connectivity index (χ1n) is 7.15. The molecule has 5 nitrogen and oxygen atoms in total. The van der Waals surface area contributed by atoms with Gasteiger partial charge in [0.1, 0.15) is 12.1 Å². The maximum absolute atomic E-state index is 5.55. The normalized spacial score (nSPS) is 15.0. The molecule has 0 amide bonds. The van der Waals surface area contributed by atoms with E-state index in [1.807, 2.05) is 19.9 Å².